The third-order valence-electron chi connectivity index (χ3n) is 5.33. The van der Waals surface area contributed by atoms with Gasteiger partial charge in [-0.3, -0.25) is 0 Å². The quantitative estimate of drug-likeness (QED) is 0.644. The van der Waals surface area contributed by atoms with E-state index in [9.17, 15) is 4.79 Å². The summed E-state index contributed by atoms with van der Waals surface area (Å²) in [6, 6.07) is 12.9. The minimum absolute atomic E-state index is 0.225. The van der Waals surface area contributed by atoms with Crippen LogP contribution < -0.4 is 10.2 Å². The van der Waals surface area contributed by atoms with Gasteiger partial charge < -0.3 is 19.9 Å². The van der Waals surface area contributed by atoms with Crippen LogP contribution in [-0.4, -0.2) is 48.8 Å². The molecule has 7 heteroatoms. The van der Waals surface area contributed by atoms with Crippen molar-refractivity contribution in [3.63, 3.8) is 0 Å². The summed E-state index contributed by atoms with van der Waals surface area (Å²) in [5.41, 5.74) is 3.43. The molecule has 158 valence electrons. The molecule has 1 aliphatic heterocycles. The standard InChI is InChI=1S/C23H28N4O2S/c1-3-29-23(28)27-10-8-26(9-11-27)22-19(15-24-16-20-5-4-12-30-20)14-18-13-17(2)6-7-21(18)25-22/h4-7,12-14,24H,3,8-11,15-16H2,1-2H3. The normalized spacial score (nSPS) is 14.3. The molecule has 0 spiro atoms. The first-order chi connectivity index (χ1) is 14.6. The van der Waals surface area contributed by atoms with E-state index in [4.69, 9.17) is 9.72 Å². The van der Waals surface area contributed by atoms with Crippen molar-refractivity contribution in [2.45, 2.75) is 26.9 Å². The van der Waals surface area contributed by atoms with Gasteiger partial charge in [0.1, 0.15) is 5.82 Å². The van der Waals surface area contributed by atoms with E-state index in [0.29, 0.717) is 19.7 Å². The fraction of sp³-hybridized carbons (Fsp3) is 0.391. The van der Waals surface area contributed by atoms with E-state index < -0.39 is 0 Å². The van der Waals surface area contributed by atoms with Crippen molar-refractivity contribution in [2.75, 3.05) is 37.7 Å². The number of anilines is 1. The molecule has 30 heavy (non-hydrogen) atoms. The van der Waals surface area contributed by atoms with E-state index in [1.807, 2.05) is 6.92 Å². The Morgan fingerprint density at radius 1 is 1.17 bits per heavy atom. The molecule has 1 N–H and O–H groups in total. The first kappa shape index (κ1) is 20.6. The van der Waals surface area contributed by atoms with Crippen LogP contribution in [0.15, 0.2) is 41.8 Å². The summed E-state index contributed by atoms with van der Waals surface area (Å²) in [5.74, 6) is 1.01. The number of hydrogen-bond donors (Lipinski definition) is 1. The molecule has 1 saturated heterocycles. The summed E-state index contributed by atoms with van der Waals surface area (Å²) in [6.45, 7) is 8.75. The van der Waals surface area contributed by atoms with Crippen LogP contribution >= 0.6 is 11.3 Å². The lowest BCUT2D eigenvalue weighted by Gasteiger charge is -2.35. The Hall–Kier alpha value is -2.64. The number of aromatic nitrogens is 1. The number of hydrogen-bond acceptors (Lipinski definition) is 6. The fourth-order valence-electron chi connectivity index (χ4n) is 3.78. The summed E-state index contributed by atoms with van der Waals surface area (Å²) in [4.78, 5) is 22.4. The SMILES string of the molecule is CCOC(=O)N1CCN(c2nc3ccc(C)cc3cc2CNCc2cccs2)CC1. The van der Waals surface area contributed by atoms with Gasteiger partial charge in [-0.25, -0.2) is 9.78 Å². The van der Waals surface area contributed by atoms with Crippen molar-refractivity contribution >= 4 is 34.2 Å². The molecular weight excluding hydrogens is 396 g/mol. The minimum Gasteiger partial charge on any atom is -0.450 e. The lowest BCUT2D eigenvalue weighted by atomic mass is 10.1. The van der Waals surface area contributed by atoms with Crippen LogP contribution in [0.2, 0.25) is 0 Å². The van der Waals surface area contributed by atoms with E-state index in [1.54, 1.807) is 16.2 Å². The Balaban J connectivity index is 1.54. The van der Waals surface area contributed by atoms with Crippen LogP contribution in [0.5, 0.6) is 0 Å². The van der Waals surface area contributed by atoms with E-state index in [-0.39, 0.29) is 6.09 Å². The lowest BCUT2D eigenvalue weighted by molar-refractivity contribution is 0.105. The average Bonchev–Trinajstić information content (AvgIpc) is 3.27. The Bertz CT molecular complexity index is 998. The van der Waals surface area contributed by atoms with Crippen LogP contribution in [0.3, 0.4) is 0 Å². The van der Waals surface area contributed by atoms with Gasteiger partial charge in [0.15, 0.2) is 0 Å². The van der Waals surface area contributed by atoms with Crippen LogP contribution in [0.25, 0.3) is 10.9 Å². The number of amides is 1. The summed E-state index contributed by atoms with van der Waals surface area (Å²) in [5, 5.41) is 6.83. The zero-order valence-corrected chi connectivity index (χ0v) is 18.4. The molecule has 2 aromatic heterocycles. The van der Waals surface area contributed by atoms with E-state index >= 15 is 0 Å². The third kappa shape index (κ3) is 4.74. The highest BCUT2D eigenvalue weighted by Gasteiger charge is 2.24. The first-order valence-electron chi connectivity index (χ1n) is 10.4. The average molecular weight is 425 g/mol. The van der Waals surface area contributed by atoms with Gasteiger partial charge in [0.05, 0.1) is 12.1 Å². The largest absolute Gasteiger partial charge is 0.450 e. The van der Waals surface area contributed by atoms with Gasteiger partial charge in [-0.15, -0.1) is 11.3 Å². The number of nitrogens with zero attached hydrogens (tertiary/aromatic N) is 3. The second-order valence-corrected chi connectivity index (χ2v) is 8.56. The monoisotopic (exact) mass is 424 g/mol. The molecular formula is C23H28N4O2S. The predicted molar refractivity (Wildman–Crippen MR) is 122 cm³/mol. The van der Waals surface area contributed by atoms with E-state index in [2.05, 4.69) is 58.9 Å². The minimum atomic E-state index is -0.225. The molecule has 0 aliphatic carbocycles. The number of rotatable bonds is 6. The van der Waals surface area contributed by atoms with E-state index in [1.165, 1.54) is 16.0 Å². The lowest BCUT2D eigenvalue weighted by Crippen LogP contribution is -2.49. The number of nitrogens with one attached hydrogen (secondary N) is 1. The van der Waals surface area contributed by atoms with Crippen LogP contribution in [-0.2, 0) is 17.8 Å². The molecule has 0 atom stereocenters. The van der Waals surface area contributed by atoms with Crippen molar-refractivity contribution < 1.29 is 9.53 Å². The third-order valence-corrected chi connectivity index (χ3v) is 6.20. The van der Waals surface area contributed by atoms with Gasteiger partial charge in [-0.1, -0.05) is 17.7 Å². The second-order valence-electron chi connectivity index (χ2n) is 7.52. The van der Waals surface area contributed by atoms with Gasteiger partial charge in [0.2, 0.25) is 0 Å². The zero-order valence-electron chi connectivity index (χ0n) is 17.6. The van der Waals surface area contributed by atoms with Crippen LogP contribution in [0.4, 0.5) is 10.6 Å². The number of ether oxygens (including phenoxy) is 1. The second kappa shape index (κ2) is 9.45. The van der Waals surface area contributed by atoms with Gasteiger partial charge in [-0.05, 0) is 43.5 Å². The molecule has 0 unspecified atom stereocenters. The van der Waals surface area contributed by atoms with Gasteiger partial charge >= 0.3 is 6.09 Å². The zero-order chi connectivity index (χ0) is 20.9. The van der Waals surface area contributed by atoms with Crippen LogP contribution in [0.1, 0.15) is 22.9 Å². The number of piperazine rings is 1. The molecule has 4 rings (SSSR count). The molecule has 0 saturated carbocycles. The number of thiophene rings is 1. The van der Waals surface area contributed by atoms with Gasteiger partial charge in [-0.2, -0.15) is 0 Å². The molecule has 1 aliphatic rings. The fourth-order valence-corrected chi connectivity index (χ4v) is 4.46. The summed E-state index contributed by atoms with van der Waals surface area (Å²) < 4.78 is 5.15. The maximum atomic E-state index is 12.0. The molecule has 3 heterocycles. The molecule has 6 nitrogen and oxygen atoms in total. The molecule has 0 radical (unpaired) electrons. The summed E-state index contributed by atoms with van der Waals surface area (Å²) >= 11 is 1.76. The molecule has 1 aromatic carbocycles. The van der Waals surface area contributed by atoms with Crippen molar-refractivity contribution in [3.05, 3.63) is 57.8 Å². The van der Waals surface area contributed by atoms with Crippen molar-refractivity contribution in [1.29, 1.82) is 0 Å². The van der Waals surface area contributed by atoms with Gasteiger partial charge in [0, 0.05) is 55.1 Å². The van der Waals surface area contributed by atoms with Crippen molar-refractivity contribution in [1.82, 2.24) is 15.2 Å². The Kier molecular flexibility index (Phi) is 6.50. The Morgan fingerprint density at radius 2 is 2.00 bits per heavy atom. The predicted octanol–water partition coefficient (Wildman–Crippen LogP) is 4.17. The Morgan fingerprint density at radius 3 is 2.73 bits per heavy atom. The van der Waals surface area contributed by atoms with Crippen molar-refractivity contribution in [3.8, 4) is 0 Å². The first-order valence-corrected chi connectivity index (χ1v) is 11.3. The molecule has 3 aromatic rings. The maximum absolute atomic E-state index is 12.0. The van der Waals surface area contributed by atoms with Crippen LogP contribution in [0, 0.1) is 6.92 Å². The van der Waals surface area contributed by atoms with Gasteiger partial charge in [0.25, 0.3) is 0 Å². The van der Waals surface area contributed by atoms with E-state index in [0.717, 1.165) is 42.9 Å². The topological polar surface area (TPSA) is 57.7 Å². The molecule has 1 amide bonds. The maximum Gasteiger partial charge on any atom is 0.409 e. The Labute approximate surface area is 181 Å². The van der Waals surface area contributed by atoms with Crippen molar-refractivity contribution in [2.24, 2.45) is 0 Å². The smallest absolute Gasteiger partial charge is 0.409 e. The summed E-state index contributed by atoms with van der Waals surface area (Å²) in [6.07, 6.45) is -0.225. The highest BCUT2D eigenvalue weighted by molar-refractivity contribution is 7.09. The highest BCUT2D eigenvalue weighted by atomic mass is 32.1. The molecule has 0 bridgehead atoms. The number of aryl methyl sites for hydroxylation is 1. The number of carbonyl (C=O) groups is 1. The highest BCUT2D eigenvalue weighted by Crippen LogP contribution is 2.26. The molecule has 1 fully saturated rings. The number of carbonyl (C=O) groups excluding carboxylic acids is 1. The number of benzene rings is 1. The number of pyridine rings is 1. The summed E-state index contributed by atoms with van der Waals surface area (Å²) in [7, 11) is 0. The number of fused-ring (bicyclic) bond motifs is 1.